The van der Waals surface area contributed by atoms with Gasteiger partial charge in [-0.2, -0.15) is 0 Å². The first-order valence-corrected chi connectivity index (χ1v) is 10.6. The van der Waals surface area contributed by atoms with Crippen LogP contribution in [0.5, 0.6) is 5.75 Å². The Morgan fingerprint density at radius 3 is 2.88 bits per heavy atom. The quantitative estimate of drug-likeness (QED) is 0.315. The van der Waals surface area contributed by atoms with Gasteiger partial charge in [0.1, 0.15) is 11.6 Å². The van der Waals surface area contributed by atoms with Crippen molar-refractivity contribution >= 4 is 34.1 Å². The van der Waals surface area contributed by atoms with Crippen LogP contribution in [0.15, 0.2) is 71.0 Å². The number of Topliss-reactive ketones (excluding diaryl/α,β-unsaturated/α-hetero) is 1. The average molecular weight is 449 g/mol. The van der Waals surface area contributed by atoms with Gasteiger partial charge in [-0.05, 0) is 36.4 Å². The Bertz CT molecular complexity index is 1540. The Hall–Kier alpha value is -3.92. The summed E-state index contributed by atoms with van der Waals surface area (Å²) in [6.45, 7) is 0. The zero-order chi connectivity index (χ0) is 22.2. The van der Waals surface area contributed by atoms with Gasteiger partial charge in [0, 0.05) is 35.1 Å². The molecule has 10 heteroatoms. The summed E-state index contributed by atoms with van der Waals surface area (Å²) in [6, 6.07) is 11.2. The summed E-state index contributed by atoms with van der Waals surface area (Å²) in [6.07, 6.45) is 4.81. The Kier molecular flexibility index (Phi) is 4.98. The van der Waals surface area contributed by atoms with E-state index in [9.17, 15) is 14.0 Å². The van der Waals surface area contributed by atoms with E-state index in [2.05, 4.69) is 15.2 Å². The van der Waals surface area contributed by atoms with E-state index in [1.807, 2.05) is 18.2 Å². The number of aromatic nitrogens is 5. The highest BCUT2D eigenvalue weighted by Gasteiger charge is 2.17. The fraction of sp³-hybridized carbons (Fsp3) is 0.0909. The van der Waals surface area contributed by atoms with Crippen molar-refractivity contribution in [3.63, 3.8) is 0 Å². The molecule has 0 unspecified atom stereocenters. The third kappa shape index (κ3) is 3.44. The minimum absolute atomic E-state index is 0.0866. The van der Waals surface area contributed by atoms with Crippen molar-refractivity contribution < 1.29 is 13.9 Å². The normalized spacial score (nSPS) is 11.3. The van der Waals surface area contributed by atoms with E-state index in [0.29, 0.717) is 22.2 Å². The Morgan fingerprint density at radius 2 is 2.06 bits per heavy atom. The molecule has 3 heterocycles. The molecule has 0 aliphatic carbocycles. The molecule has 0 aliphatic rings. The van der Waals surface area contributed by atoms with Crippen molar-refractivity contribution in [2.75, 3.05) is 12.9 Å². The van der Waals surface area contributed by atoms with Gasteiger partial charge in [-0.15, -0.1) is 10.2 Å². The lowest BCUT2D eigenvalue weighted by Crippen LogP contribution is -2.20. The third-order valence-corrected chi connectivity index (χ3v) is 5.99. The predicted octanol–water partition coefficient (Wildman–Crippen LogP) is 3.48. The number of nitrogens with one attached hydrogen (secondary N) is 1. The number of benzene rings is 2. The SMILES string of the molecule is COc1ccc2[nH]cc(C(=O)CSc3nnc4c(=O)n(-c5cccc(F)c5)ccn34)c2c1. The molecule has 0 atom stereocenters. The molecule has 160 valence electrons. The summed E-state index contributed by atoms with van der Waals surface area (Å²) in [4.78, 5) is 28.7. The number of nitrogens with zero attached hydrogens (tertiary/aromatic N) is 4. The van der Waals surface area contributed by atoms with Crippen LogP contribution in [0.3, 0.4) is 0 Å². The van der Waals surface area contributed by atoms with Crippen LogP contribution in [-0.4, -0.2) is 42.8 Å². The van der Waals surface area contributed by atoms with Gasteiger partial charge in [0.2, 0.25) is 5.65 Å². The van der Waals surface area contributed by atoms with Crippen LogP contribution in [0.1, 0.15) is 10.4 Å². The fourth-order valence-electron chi connectivity index (χ4n) is 3.46. The second-order valence-corrected chi connectivity index (χ2v) is 7.90. The van der Waals surface area contributed by atoms with Gasteiger partial charge in [-0.25, -0.2) is 4.39 Å². The molecule has 8 nitrogen and oxygen atoms in total. The molecule has 0 saturated carbocycles. The van der Waals surface area contributed by atoms with Crippen LogP contribution in [-0.2, 0) is 0 Å². The third-order valence-electron chi connectivity index (χ3n) is 5.05. The standard InChI is InChI=1S/C22H16FN5O3S/c1-31-15-5-6-18-16(10-15)17(11-24-18)19(29)12-32-22-26-25-20-21(30)27(7-8-28(20)22)14-4-2-3-13(23)9-14/h2-11,24H,12H2,1H3. The molecule has 2 aromatic carbocycles. The molecule has 0 saturated heterocycles. The summed E-state index contributed by atoms with van der Waals surface area (Å²) in [5, 5.41) is 9.22. The minimum atomic E-state index is -0.444. The number of fused-ring (bicyclic) bond motifs is 2. The lowest BCUT2D eigenvalue weighted by atomic mass is 10.1. The molecule has 0 bridgehead atoms. The molecule has 0 spiro atoms. The van der Waals surface area contributed by atoms with Crippen molar-refractivity contribution in [3.05, 3.63) is 82.8 Å². The first-order chi connectivity index (χ1) is 15.5. The molecular formula is C22H16FN5O3S. The Morgan fingerprint density at radius 1 is 1.19 bits per heavy atom. The minimum Gasteiger partial charge on any atom is -0.497 e. The molecule has 0 amide bonds. The van der Waals surface area contributed by atoms with E-state index in [-0.39, 0.29) is 17.2 Å². The highest BCUT2D eigenvalue weighted by molar-refractivity contribution is 7.99. The smallest absolute Gasteiger partial charge is 0.300 e. The number of carbonyl (C=O) groups excluding carboxylic acids is 1. The maximum absolute atomic E-state index is 13.5. The molecule has 5 aromatic rings. The van der Waals surface area contributed by atoms with Crippen molar-refractivity contribution in [2.24, 2.45) is 0 Å². The number of methoxy groups -OCH3 is 1. The van der Waals surface area contributed by atoms with Crippen molar-refractivity contribution in [3.8, 4) is 11.4 Å². The van der Waals surface area contributed by atoms with E-state index in [4.69, 9.17) is 4.74 Å². The summed E-state index contributed by atoms with van der Waals surface area (Å²) >= 11 is 1.18. The summed E-state index contributed by atoms with van der Waals surface area (Å²) in [5.41, 5.74) is 1.43. The first-order valence-electron chi connectivity index (χ1n) is 9.58. The molecule has 32 heavy (non-hydrogen) atoms. The molecule has 0 fully saturated rings. The van der Waals surface area contributed by atoms with Gasteiger partial charge < -0.3 is 9.72 Å². The van der Waals surface area contributed by atoms with Gasteiger partial charge in [0.05, 0.1) is 18.6 Å². The van der Waals surface area contributed by atoms with Gasteiger partial charge in [-0.1, -0.05) is 17.8 Å². The Labute approximate surface area is 184 Å². The summed E-state index contributed by atoms with van der Waals surface area (Å²) in [5.74, 6) is 0.231. The lowest BCUT2D eigenvalue weighted by molar-refractivity contribution is 0.102. The van der Waals surface area contributed by atoms with Gasteiger partial charge in [0.25, 0.3) is 0 Å². The largest absolute Gasteiger partial charge is 0.497 e. The van der Waals surface area contributed by atoms with Crippen molar-refractivity contribution in [2.45, 2.75) is 5.16 Å². The van der Waals surface area contributed by atoms with Crippen LogP contribution in [0.4, 0.5) is 4.39 Å². The molecular weight excluding hydrogens is 433 g/mol. The molecule has 0 aliphatic heterocycles. The summed E-state index contributed by atoms with van der Waals surface area (Å²) in [7, 11) is 1.57. The monoisotopic (exact) mass is 449 g/mol. The Balaban J connectivity index is 1.41. The number of ether oxygens (including phenoxy) is 1. The maximum atomic E-state index is 13.5. The average Bonchev–Trinajstić information content (AvgIpc) is 3.42. The van der Waals surface area contributed by atoms with E-state index < -0.39 is 11.4 Å². The fourth-order valence-corrected chi connectivity index (χ4v) is 4.26. The molecule has 3 aromatic heterocycles. The first kappa shape index (κ1) is 20.0. The molecule has 0 radical (unpaired) electrons. The zero-order valence-corrected chi connectivity index (χ0v) is 17.6. The number of carbonyl (C=O) groups is 1. The maximum Gasteiger partial charge on any atom is 0.300 e. The van der Waals surface area contributed by atoms with Crippen LogP contribution < -0.4 is 10.3 Å². The van der Waals surface area contributed by atoms with Crippen molar-refractivity contribution in [1.29, 1.82) is 0 Å². The van der Waals surface area contributed by atoms with E-state index >= 15 is 0 Å². The highest BCUT2D eigenvalue weighted by atomic mass is 32.2. The lowest BCUT2D eigenvalue weighted by Gasteiger charge is -2.06. The highest BCUT2D eigenvalue weighted by Crippen LogP contribution is 2.26. The summed E-state index contributed by atoms with van der Waals surface area (Å²) < 4.78 is 21.6. The van der Waals surface area contributed by atoms with E-state index in [1.54, 1.807) is 25.6 Å². The van der Waals surface area contributed by atoms with Gasteiger partial charge in [-0.3, -0.25) is 18.6 Å². The van der Waals surface area contributed by atoms with Crippen LogP contribution in [0.25, 0.3) is 22.2 Å². The number of thioether (sulfide) groups is 1. The second kappa shape index (κ2) is 7.97. The number of aromatic amines is 1. The molecule has 5 rings (SSSR count). The number of hydrogen-bond donors (Lipinski definition) is 1. The zero-order valence-electron chi connectivity index (χ0n) is 16.8. The van der Waals surface area contributed by atoms with Crippen LogP contribution >= 0.6 is 11.8 Å². The number of rotatable bonds is 6. The van der Waals surface area contributed by atoms with Crippen molar-refractivity contribution in [1.82, 2.24) is 24.1 Å². The topological polar surface area (TPSA) is 94.3 Å². The predicted molar refractivity (Wildman–Crippen MR) is 118 cm³/mol. The number of H-pyrrole nitrogens is 1. The second-order valence-electron chi connectivity index (χ2n) is 6.96. The van der Waals surface area contributed by atoms with Crippen LogP contribution in [0, 0.1) is 5.82 Å². The number of halogens is 1. The van der Waals surface area contributed by atoms with E-state index in [0.717, 1.165) is 10.9 Å². The van der Waals surface area contributed by atoms with Crippen LogP contribution in [0.2, 0.25) is 0 Å². The number of hydrogen-bond acceptors (Lipinski definition) is 6. The number of ketones is 1. The van der Waals surface area contributed by atoms with E-state index in [1.165, 1.54) is 45.1 Å². The van der Waals surface area contributed by atoms with Gasteiger partial charge >= 0.3 is 5.56 Å². The molecule has 1 N–H and O–H groups in total. The van der Waals surface area contributed by atoms with Gasteiger partial charge in [0.15, 0.2) is 10.9 Å².